The van der Waals surface area contributed by atoms with E-state index in [2.05, 4.69) is 36.8 Å². The quantitative estimate of drug-likeness (QED) is 0.760. The molecule has 1 heterocycles. The summed E-state index contributed by atoms with van der Waals surface area (Å²) in [4.78, 5) is 16.0. The first-order chi connectivity index (χ1) is 8.09. The lowest BCUT2D eigenvalue weighted by atomic mass is 10.1. The smallest absolute Gasteiger partial charge is 0.215 e. The van der Waals surface area contributed by atoms with E-state index < -0.39 is 11.6 Å². The number of nitrogens with zero attached hydrogens (tertiary/aromatic N) is 1. The van der Waals surface area contributed by atoms with Crippen molar-refractivity contribution in [2.24, 2.45) is 0 Å². The van der Waals surface area contributed by atoms with E-state index in [9.17, 15) is 9.18 Å². The van der Waals surface area contributed by atoms with Crippen LogP contribution in [0.25, 0.3) is 0 Å². The van der Waals surface area contributed by atoms with Gasteiger partial charge in [0.1, 0.15) is 11.5 Å². The van der Waals surface area contributed by atoms with Gasteiger partial charge in [-0.05, 0) is 46.3 Å². The van der Waals surface area contributed by atoms with Gasteiger partial charge >= 0.3 is 0 Å². The van der Waals surface area contributed by atoms with Crippen LogP contribution in [0.4, 0.5) is 4.39 Å². The van der Waals surface area contributed by atoms with Gasteiger partial charge < -0.3 is 0 Å². The molecule has 0 atom stereocenters. The zero-order chi connectivity index (χ0) is 12.4. The highest BCUT2D eigenvalue weighted by molar-refractivity contribution is 9.10. The minimum absolute atomic E-state index is 0.00113. The molecule has 0 radical (unpaired) electrons. The molecule has 5 heteroatoms. The molecule has 1 aromatic heterocycles. The van der Waals surface area contributed by atoms with Crippen LogP contribution < -0.4 is 0 Å². The van der Waals surface area contributed by atoms with Crippen LogP contribution in [-0.4, -0.2) is 10.8 Å². The van der Waals surface area contributed by atoms with E-state index >= 15 is 0 Å². The maximum atomic E-state index is 13.6. The Morgan fingerprint density at radius 3 is 2.71 bits per heavy atom. The number of hydrogen-bond donors (Lipinski definition) is 0. The minimum atomic E-state index is -0.559. The van der Waals surface area contributed by atoms with Gasteiger partial charge in [0.2, 0.25) is 5.78 Å². The number of benzene rings is 1. The zero-order valence-corrected chi connectivity index (χ0v) is 11.6. The van der Waals surface area contributed by atoms with Gasteiger partial charge in [-0.25, -0.2) is 4.39 Å². The molecule has 86 valence electrons. The summed E-state index contributed by atoms with van der Waals surface area (Å²) >= 11 is 6.42. The number of ketones is 1. The molecule has 0 bridgehead atoms. The first-order valence-corrected chi connectivity index (χ1v) is 6.28. The number of hydrogen-bond acceptors (Lipinski definition) is 2. The summed E-state index contributed by atoms with van der Waals surface area (Å²) in [7, 11) is 0. The molecule has 0 saturated carbocycles. The van der Waals surface area contributed by atoms with Gasteiger partial charge in [-0.1, -0.05) is 15.9 Å². The standard InChI is InChI=1S/C12H6Br2FNO/c13-7-3-4-10(15)8(6-7)12(17)11-9(14)2-1-5-16-11/h1-6H. The van der Waals surface area contributed by atoms with E-state index in [4.69, 9.17) is 0 Å². The molecule has 1 aromatic carbocycles. The average Bonchev–Trinajstić information content (AvgIpc) is 2.32. The normalized spacial score (nSPS) is 10.3. The molecule has 0 fully saturated rings. The van der Waals surface area contributed by atoms with Crippen molar-refractivity contribution in [1.82, 2.24) is 4.98 Å². The summed E-state index contributed by atoms with van der Waals surface area (Å²) in [6.07, 6.45) is 1.49. The Balaban J connectivity index is 2.51. The van der Waals surface area contributed by atoms with Crippen LogP contribution in [0.3, 0.4) is 0 Å². The third-order valence-corrected chi connectivity index (χ3v) is 3.28. The Morgan fingerprint density at radius 2 is 2.00 bits per heavy atom. The summed E-state index contributed by atoms with van der Waals surface area (Å²) in [5.74, 6) is -1.01. The summed E-state index contributed by atoms with van der Waals surface area (Å²) in [6, 6.07) is 7.61. The lowest BCUT2D eigenvalue weighted by Gasteiger charge is -2.04. The molecule has 0 unspecified atom stereocenters. The lowest BCUT2D eigenvalue weighted by Crippen LogP contribution is -2.07. The average molecular weight is 359 g/mol. The van der Waals surface area contributed by atoms with Crippen LogP contribution in [0.5, 0.6) is 0 Å². The first kappa shape index (κ1) is 12.4. The van der Waals surface area contributed by atoms with Gasteiger partial charge in [0.15, 0.2) is 0 Å². The molecule has 0 N–H and O–H groups in total. The fourth-order valence-electron chi connectivity index (χ4n) is 1.35. The molecule has 0 aliphatic heterocycles. The van der Waals surface area contributed by atoms with Crippen molar-refractivity contribution in [3.63, 3.8) is 0 Å². The van der Waals surface area contributed by atoms with Gasteiger partial charge in [0.05, 0.1) is 5.56 Å². The second-order valence-corrected chi connectivity index (χ2v) is 5.06. The minimum Gasteiger partial charge on any atom is -0.287 e. The van der Waals surface area contributed by atoms with Crippen molar-refractivity contribution >= 4 is 37.6 Å². The number of carbonyl (C=O) groups is 1. The maximum absolute atomic E-state index is 13.6. The topological polar surface area (TPSA) is 30.0 Å². The van der Waals surface area contributed by atoms with E-state index in [-0.39, 0.29) is 11.3 Å². The largest absolute Gasteiger partial charge is 0.287 e. The summed E-state index contributed by atoms with van der Waals surface area (Å²) in [5, 5.41) is 0. The lowest BCUT2D eigenvalue weighted by molar-refractivity contribution is 0.103. The SMILES string of the molecule is O=C(c1cc(Br)ccc1F)c1ncccc1Br. The fraction of sp³-hybridized carbons (Fsp3) is 0. The van der Waals surface area contributed by atoms with Crippen LogP contribution in [0.1, 0.15) is 16.1 Å². The van der Waals surface area contributed by atoms with Crippen LogP contribution in [-0.2, 0) is 0 Å². The Bertz CT molecular complexity index is 586. The van der Waals surface area contributed by atoms with E-state index in [1.807, 2.05) is 0 Å². The molecule has 0 spiro atoms. The van der Waals surface area contributed by atoms with Gasteiger partial charge in [-0.2, -0.15) is 0 Å². The molecule has 2 nitrogen and oxygen atoms in total. The second-order valence-electron chi connectivity index (χ2n) is 3.29. The number of carbonyl (C=O) groups excluding carboxylic acids is 1. The molecule has 0 saturated heterocycles. The van der Waals surface area contributed by atoms with Crippen LogP contribution >= 0.6 is 31.9 Å². The predicted molar refractivity (Wildman–Crippen MR) is 69.5 cm³/mol. The molecule has 0 amide bonds. The first-order valence-electron chi connectivity index (χ1n) is 4.70. The van der Waals surface area contributed by atoms with Crippen molar-refractivity contribution in [2.75, 3.05) is 0 Å². The molecule has 17 heavy (non-hydrogen) atoms. The number of rotatable bonds is 2. The van der Waals surface area contributed by atoms with Gasteiger partial charge in [0.25, 0.3) is 0 Å². The third-order valence-electron chi connectivity index (χ3n) is 2.15. The fourth-order valence-corrected chi connectivity index (χ4v) is 2.15. The molecule has 2 aromatic rings. The molecule has 0 aliphatic carbocycles. The highest BCUT2D eigenvalue weighted by atomic mass is 79.9. The monoisotopic (exact) mass is 357 g/mol. The van der Waals surface area contributed by atoms with Gasteiger partial charge in [-0.15, -0.1) is 0 Å². The maximum Gasteiger partial charge on any atom is 0.215 e. The van der Waals surface area contributed by atoms with E-state index in [1.165, 1.54) is 18.3 Å². The Morgan fingerprint density at radius 1 is 1.24 bits per heavy atom. The Labute approximate surface area is 114 Å². The van der Waals surface area contributed by atoms with E-state index in [1.54, 1.807) is 18.2 Å². The predicted octanol–water partition coefficient (Wildman–Crippen LogP) is 3.98. The Hall–Kier alpha value is -1.07. The van der Waals surface area contributed by atoms with Crippen LogP contribution in [0, 0.1) is 5.82 Å². The van der Waals surface area contributed by atoms with Crippen LogP contribution in [0.2, 0.25) is 0 Å². The molecular formula is C12H6Br2FNO. The number of aromatic nitrogens is 1. The van der Waals surface area contributed by atoms with E-state index in [0.29, 0.717) is 8.95 Å². The highest BCUT2D eigenvalue weighted by Crippen LogP contribution is 2.21. The molecule has 0 aliphatic rings. The highest BCUT2D eigenvalue weighted by Gasteiger charge is 2.17. The zero-order valence-electron chi connectivity index (χ0n) is 8.45. The van der Waals surface area contributed by atoms with Crippen molar-refractivity contribution in [1.29, 1.82) is 0 Å². The van der Waals surface area contributed by atoms with Crippen molar-refractivity contribution in [2.45, 2.75) is 0 Å². The Kier molecular flexibility index (Phi) is 3.69. The van der Waals surface area contributed by atoms with Crippen molar-refractivity contribution in [3.8, 4) is 0 Å². The van der Waals surface area contributed by atoms with Crippen LogP contribution in [0.15, 0.2) is 45.5 Å². The second kappa shape index (κ2) is 5.06. The summed E-state index contributed by atoms with van der Waals surface area (Å²) in [5.41, 5.74) is 0.197. The third kappa shape index (κ3) is 2.61. The summed E-state index contributed by atoms with van der Waals surface area (Å²) < 4.78 is 14.7. The number of pyridine rings is 1. The van der Waals surface area contributed by atoms with Crippen molar-refractivity contribution < 1.29 is 9.18 Å². The summed E-state index contributed by atoms with van der Waals surface area (Å²) in [6.45, 7) is 0. The van der Waals surface area contributed by atoms with Gasteiger partial charge in [0, 0.05) is 15.1 Å². The molecule has 2 rings (SSSR count). The van der Waals surface area contributed by atoms with Gasteiger partial charge in [-0.3, -0.25) is 9.78 Å². The van der Waals surface area contributed by atoms with E-state index in [0.717, 1.165) is 0 Å². The number of halogens is 3. The molecular weight excluding hydrogens is 353 g/mol. The van der Waals surface area contributed by atoms with Crippen molar-refractivity contribution in [3.05, 3.63) is 62.5 Å².